The topological polar surface area (TPSA) is 75.6 Å². The summed E-state index contributed by atoms with van der Waals surface area (Å²) in [6.07, 6.45) is -0.846. The fraction of sp³-hybridized carbons (Fsp3) is 1.00. The summed E-state index contributed by atoms with van der Waals surface area (Å²) in [4.78, 5) is 4.81. The summed E-state index contributed by atoms with van der Waals surface area (Å²) < 4.78 is 21.9. The quantitative estimate of drug-likeness (QED) is 0.547. The molecule has 0 radical (unpaired) electrons. The molecule has 0 aromatic heterocycles. The van der Waals surface area contributed by atoms with Crippen molar-refractivity contribution in [1.82, 2.24) is 5.48 Å². The molecule has 12 heavy (non-hydrogen) atoms. The van der Waals surface area contributed by atoms with Crippen molar-refractivity contribution in [2.45, 2.75) is 19.1 Å². The van der Waals surface area contributed by atoms with E-state index in [0.29, 0.717) is 6.61 Å². The predicted molar refractivity (Wildman–Crippen MR) is 43.2 cm³/mol. The van der Waals surface area contributed by atoms with E-state index in [4.69, 9.17) is 4.84 Å². The van der Waals surface area contributed by atoms with Gasteiger partial charge < -0.3 is 9.94 Å². The van der Waals surface area contributed by atoms with E-state index in [1.54, 1.807) is 6.92 Å². The first kappa shape index (κ1) is 9.91. The zero-order valence-electron chi connectivity index (χ0n) is 6.86. The largest absolute Gasteiger partial charge is 0.390 e. The monoisotopic (exact) mass is 195 g/mol. The molecule has 6 heteroatoms. The molecule has 0 aliphatic carbocycles. The molecular formula is C6H13NO4S. The van der Waals surface area contributed by atoms with Crippen LogP contribution in [0.1, 0.15) is 6.92 Å². The van der Waals surface area contributed by atoms with E-state index in [9.17, 15) is 13.5 Å². The number of hydrogen-bond donors (Lipinski definition) is 2. The van der Waals surface area contributed by atoms with Gasteiger partial charge in [0.1, 0.15) is 0 Å². The van der Waals surface area contributed by atoms with Crippen molar-refractivity contribution in [1.29, 1.82) is 0 Å². The molecule has 0 saturated carbocycles. The van der Waals surface area contributed by atoms with Crippen molar-refractivity contribution in [2.75, 3.05) is 18.1 Å². The second kappa shape index (κ2) is 3.69. The Kier molecular flexibility index (Phi) is 3.05. The van der Waals surface area contributed by atoms with Crippen LogP contribution in [0.15, 0.2) is 0 Å². The summed E-state index contributed by atoms with van der Waals surface area (Å²) in [5.41, 5.74) is 2.51. The maximum absolute atomic E-state index is 11.0. The molecule has 0 bridgehead atoms. The molecule has 5 nitrogen and oxygen atoms in total. The Balaban J connectivity index is 2.47. The van der Waals surface area contributed by atoms with Gasteiger partial charge in [0.25, 0.3) is 0 Å². The third-order valence-corrected chi connectivity index (χ3v) is 3.42. The lowest BCUT2D eigenvalue weighted by Gasteiger charge is -2.12. The number of hydrogen-bond acceptors (Lipinski definition) is 5. The molecule has 1 aliphatic heterocycles. The van der Waals surface area contributed by atoms with Crippen molar-refractivity contribution in [3.05, 3.63) is 0 Å². The van der Waals surface area contributed by atoms with Gasteiger partial charge in [-0.3, -0.25) is 0 Å². The summed E-state index contributed by atoms with van der Waals surface area (Å²) in [5.74, 6) is -0.216. The first-order valence-corrected chi connectivity index (χ1v) is 5.63. The predicted octanol–water partition coefficient (Wildman–Crippen LogP) is -1.31. The number of sulfone groups is 1. The maximum atomic E-state index is 11.0. The summed E-state index contributed by atoms with van der Waals surface area (Å²) in [5, 5.41) is 9.23. The van der Waals surface area contributed by atoms with E-state index < -0.39 is 22.0 Å². The molecule has 0 aromatic rings. The van der Waals surface area contributed by atoms with Gasteiger partial charge in [0.05, 0.1) is 30.3 Å². The molecule has 2 unspecified atom stereocenters. The third-order valence-electron chi connectivity index (χ3n) is 1.70. The van der Waals surface area contributed by atoms with Crippen LogP contribution in [-0.2, 0) is 14.7 Å². The van der Waals surface area contributed by atoms with Gasteiger partial charge >= 0.3 is 0 Å². The van der Waals surface area contributed by atoms with Crippen molar-refractivity contribution in [3.63, 3.8) is 0 Å². The number of rotatable bonds is 3. The van der Waals surface area contributed by atoms with Gasteiger partial charge in [-0.25, -0.2) is 8.42 Å². The van der Waals surface area contributed by atoms with Crippen LogP contribution in [-0.4, -0.2) is 43.8 Å². The summed E-state index contributed by atoms with van der Waals surface area (Å²) >= 11 is 0. The lowest BCUT2D eigenvalue weighted by molar-refractivity contribution is -0.000765. The zero-order valence-corrected chi connectivity index (χ0v) is 7.67. The van der Waals surface area contributed by atoms with Crippen LogP contribution in [0.25, 0.3) is 0 Å². The minimum Gasteiger partial charge on any atom is -0.390 e. The van der Waals surface area contributed by atoms with Gasteiger partial charge in [-0.05, 0) is 6.92 Å². The van der Waals surface area contributed by atoms with Crippen molar-refractivity contribution in [3.8, 4) is 0 Å². The van der Waals surface area contributed by atoms with E-state index in [-0.39, 0.29) is 11.5 Å². The molecule has 2 atom stereocenters. The Morgan fingerprint density at radius 3 is 2.67 bits per heavy atom. The Bertz CT molecular complexity index is 238. The van der Waals surface area contributed by atoms with Crippen molar-refractivity contribution < 1.29 is 18.4 Å². The SMILES string of the molecule is CCONC1CS(=O)(=O)CC1O. The van der Waals surface area contributed by atoms with Gasteiger partial charge in [0, 0.05) is 0 Å². The van der Waals surface area contributed by atoms with E-state index in [0.717, 1.165) is 0 Å². The lowest BCUT2D eigenvalue weighted by Crippen LogP contribution is -2.38. The maximum Gasteiger partial charge on any atom is 0.154 e. The lowest BCUT2D eigenvalue weighted by atomic mass is 10.2. The van der Waals surface area contributed by atoms with Crippen LogP contribution in [0, 0.1) is 0 Å². The highest BCUT2D eigenvalue weighted by Gasteiger charge is 2.36. The number of hydroxylamine groups is 1. The van der Waals surface area contributed by atoms with Gasteiger partial charge in [0.2, 0.25) is 0 Å². The van der Waals surface area contributed by atoms with E-state index in [1.165, 1.54) is 0 Å². The smallest absolute Gasteiger partial charge is 0.154 e. The summed E-state index contributed by atoms with van der Waals surface area (Å²) in [6, 6.07) is -0.477. The van der Waals surface area contributed by atoms with E-state index in [2.05, 4.69) is 5.48 Å². The van der Waals surface area contributed by atoms with E-state index >= 15 is 0 Å². The highest BCUT2D eigenvalue weighted by Crippen LogP contribution is 2.11. The molecule has 0 aromatic carbocycles. The van der Waals surface area contributed by atoms with Crippen LogP contribution in [0.2, 0.25) is 0 Å². The first-order chi connectivity index (χ1) is 5.55. The van der Waals surface area contributed by atoms with Crippen LogP contribution in [0.3, 0.4) is 0 Å². The molecule has 1 rings (SSSR count). The highest BCUT2D eigenvalue weighted by atomic mass is 32.2. The molecule has 2 N–H and O–H groups in total. The van der Waals surface area contributed by atoms with Crippen LogP contribution >= 0.6 is 0 Å². The third kappa shape index (κ3) is 2.41. The fourth-order valence-corrected chi connectivity index (χ4v) is 2.86. The van der Waals surface area contributed by atoms with Crippen LogP contribution in [0.5, 0.6) is 0 Å². The van der Waals surface area contributed by atoms with Gasteiger partial charge in [-0.15, -0.1) is 0 Å². The minimum absolute atomic E-state index is 0.0475. The van der Waals surface area contributed by atoms with Crippen LogP contribution in [0.4, 0.5) is 0 Å². The molecule has 1 fully saturated rings. The molecular weight excluding hydrogens is 182 g/mol. The average molecular weight is 195 g/mol. The normalized spacial score (nSPS) is 33.8. The highest BCUT2D eigenvalue weighted by molar-refractivity contribution is 7.91. The number of aliphatic hydroxyl groups is 1. The van der Waals surface area contributed by atoms with Gasteiger partial charge in [-0.2, -0.15) is 5.48 Å². The summed E-state index contributed by atoms with van der Waals surface area (Å²) in [7, 11) is -3.07. The Labute approximate surface area is 71.6 Å². The molecule has 1 heterocycles. The number of aliphatic hydroxyl groups excluding tert-OH is 1. The van der Waals surface area contributed by atoms with Gasteiger partial charge in [-0.1, -0.05) is 0 Å². The van der Waals surface area contributed by atoms with Crippen molar-refractivity contribution in [2.24, 2.45) is 0 Å². The Morgan fingerprint density at radius 2 is 2.25 bits per heavy atom. The fourth-order valence-electron chi connectivity index (χ4n) is 1.13. The first-order valence-electron chi connectivity index (χ1n) is 3.81. The average Bonchev–Trinajstić information content (AvgIpc) is 2.20. The number of nitrogens with one attached hydrogen (secondary N) is 1. The zero-order chi connectivity index (χ0) is 9.19. The standard InChI is InChI=1S/C6H13NO4S/c1-2-11-7-5-3-12(9,10)4-6(5)8/h5-8H,2-4H2,1H3. The Hall–Kier alpha value is -0.170. The Morgan fingerprint density at radius 1 is 1.58 bits per heavy atom. The van der Waals surface area contributed by atoms with E-state index in [1.807, 2.05) is 0 Å². The van der Waals surface area contributed by atoms with Crippen LogP contribution < -0.4 is 5.48 Å². The second-order valence-corrected chi connectivity index (χ2v) is 4.96. The molecule has 72 valence electrons. The second-order valence-electron chi connectivity index (χ2n) is 2.80. The van der Waals surface area contributed by atoms with Crippen molar-refractivity contribution >= 4 is 9.84 Å². The van der Waals surface area contributed by atoms with Gasteiger partial charge in [0.15, 0.2) is 9.84 Å². The molecule has 1 saturated heterocycles. The summed E-state index contributed by atoms with van der Waals surface area (Å²) in [6.45, 7) is 2.23. The molecule has 0 amide bonds. The molecule has 0 spiro atoms. The minimum atomic E-state index is -3.07. The molecule has 1 aliphatic rings.